The molecule has 0 saturated heterocycles. The molecular formula is C9H17F2N. The molecule has 0 bridgehead atoms. The molecule has 3 heteroatoms. The highest BCUT2D eigenvalue weighted by Gasteiger charge is 2.35. The minimum Gasteiger partial charge on any atom is -0.304 e. The molecule has 0 atom stereocenters. The standard InChI is InChI=1S/C9H17F2N/c1-6-4-7(5-6)12-9(2,3)8(10)11/h6-8,12H,4-5H2,1-3H3. The summed E-state index contributed by atoms with van der Waals surface area (Å²) in [7, 11) is 0. The maximum atomic E-state index is 12.4. The SMILES string of the molecule is CC1CC(NC(C)(C)C(F)F)C1. The van der Waals surface area contributed by atoms with E-state index in [0.29, 0.717) is 12.0 Å². The van der Waals surface area contributed by atoms with Crippen LogP contribution in [-0.2, 0) is 0 Å². The summed E-state index contributed by atoms with van der Waals surface area (Å²) in [4.78, 5) is 0. The molecular weight excluding hydrogens is 160 g/mol. The summed E-state index contributed by atoms with van der Waals surface area (Å²) in [6, 6.07) is 0.309. The van der Waals surface area contributed by atoms with E-state index in [0.717, 1.165) is 12.8 Å². The van der Waals surface area contributed by atoms with Gasteiger partial charge in [0.15, 0.2) is 0 Å². The highest BCUT2D eigenvalue weighted by atomic mass is 19.3. The van der Waals surface area contributed by atoms with Gasteiger partial charge >= 0.3 is 0 Å². The zero-order chi connectivity index (χ0) is 9.35. The molecule has 0 amide bonds. The van der Waals surface area contributed by atoms with Gasteiger partial charge in [0.1, 0.15) is 0 Å². The third-order valence-electron chi connectivity index (χ3n) is 2.50. The maximum Gasteiger partial charge on any atom is 0.255 e. The molecule has 1 N–H and O–H groups in total. The summed E-state index contributed by atoms with van der Waals surface area (Å²) < 4.78 is 24.7. The lowest BCUT2D eigenvalue weighted by molar-refractivity contribution is 0.0302. The normalized spacial score (nSPS) is 30.5. The first-order valence-corrected chi connectivity index (χ1v) is 4.47. The first-order valence-electron chi connectivity index (χ1n) is 4.47. The summed E-state index contributed by atoms with van der Waals surface area (Å²) in [6.07, 6.45) is -0.208. The zero-order valence-electron chi connectivity index (χ0n) is 7.90. The smallest absolute Gasteiger partial charge is 0.255 e. The predicted molar refractivity (Wildman–Crippen MR) is 45.4 cm³/mol. The van der Waals surface area contributed by atoms with Gasteiger partial charge in [-0.1, -0.05) is 6.92 Å². The van der Waals surface area contributed by atoms with Crippen molar-refractivity contribution in [3.63, 3.8) is 0 Å². The van der Waals surface area contributed by atoms with Crippen LogP contribution in [0.15, 0.2) is 0 Å². The highest BCUT2D eigenvalue weighted by molar-refractivity contribution is 4.90. The molecule has 0 aromatic rings. The first-order chi connectivity index (χ1) is 5.42. The van der Waals surface area contributed by atoms with Crippen molar-refractivity contribution in [2.75, 3.05) is 0 Å². The Bertz CT molecular complexity index is 151. The van der Waals surface area contributed by atoms with Gasteiger partial charge in [0.05, 0.1) is 5.54 Å². The monoisotopic (exact) mass is 177 g/mol. The van der Waals surface area contributed by atoms with Crippen molar-refractivity contribution in [3.05, 3.63) is 0 Å². The molecule has 0 spiro atoms. The molecule has 0 radical (unpaired) electrons. The third-order valence-corrected chi connectivity index (χ3v) is 2.50. The summed E-state index contributed by atoms with van der Waals surface area (Å²) in [5.74, 6) is 0.705. The van der Waals surface area contributed by atoms with Crippen molar-refractivity contribution < 1.29 is 8.78 Å². The Balaban J connectivity index is 2.30. The second kappa shape index (κ2) is 3.29. The average molecular weight is 177 g/mol. The van der Waals surface area contributed by atoms with Gasteiger partial charge in [-0.2, -0.15) is 0 Å². The summed E-state index contributed by atoms with van der Waals surface area (Å²) >= 11 is 0. The zero-order valence-corrected chi connectivity index (χ0v) is 7.90. The highest BCUT2D eigenvalue weighted by Crippen LogP contribution is 2.29. The molecule has 1 rings (SSSR count). The lowest BCUT2D eigenvalue weighted by Crippen LogP contribution is -2.54. The second-order valence-corrected chi connectivity index (χ2v) is 4.44. The van der Waals surface area contributed by atoms with E-state index in [1.54, 1.807) is 13.8 Å². The van der Waals surface area contributed by atoms with E-state index >= 15 is 0 Å². The van der Waals surface area contributed by atoms with Crippen LogP contribution >= 0.6 is 0 Å². The van der Waals surface area contributed by atoms with Crippen molar-refractivity contribution in [1.29, 1.82) is 0 Å². The minimum absolute atomic E-state index is 0.309. The second-order valence-electron chi connectivity index (χ2n) is 4.44. The van der Waals surface area contributed by atoms with E-state index in [2.05, 4.69) is 12.2 Å². The number of alkyl halides is 2. The summed E-state index contributed by atoms with van der Waals surface area (Å²) in [5.41, 5.74) is -1.02. The molecule has 1 aliphatic carbocycles. The molecule has 72 valence electrons. The Labute approximate surface area is 72.5 Å². The van der Waals surface area contributed by atoms with Crippen molar-refractivity contribution in [3.8, 4) is 0 Å². The van der Waals surface area contributed by atoms with Crippen molar-refractivity contribution in [2.24, 2.45) is 5.92 Å². The van der Waals surface area contributed by atoms with Gasteiger partial charge in [-0.3, -0.25) is 0 Å². The van der Waals surface area contributed by atoms with E-state index in [1.165, 1.54) is 0 Å². The van der Waals surface area contributed by atoms with Crippen LogP contribution in [0.1, 0.15) is 33.6 Å². The lowest BCUT2D eigenvalue weighted by Gasteiger charge is -2.39. The minimum atomic E-state index is -2.28. The Morgan fingerprint density at radius 1 is 1.33 bits per heavy atom. The Hall–Kier alpha value is -0.180. The Kier molecular flexibility index (Phi) is 2.71. The molecule has 0 aromatic carbocycles. The first kappa shape index (κ1) is 9.90. The molecule has 0 heterocycles. The van der Waals surface area contributed by atoms with Gasteiger partial charge in [0.25, 0.3) is 6.43 Å². The van der Waals surface area contributed by atoms with Crippen molar-refractivity contribution in [1.82, 2.24) is 5.32 Å². The fourth-order valence-electron chi connectivity index (χ4n) is 1.61. The average Bonchev–Trinajstić information content (AvgIpc) is 1.83. The molecule has 1 aliphatic rings. The van der Waals surface area contributed by atoms with Gasteiger partial charge in [-0.25, -0.2) is 8.78 Å². The molecule has 12 heavy (non-hydrogen) atoms. The lowest BCUT2D eigenvalue weighted by atomic mass is 9.80. The van der Waals surface area contributed by atoms with E-state index in [1.807, 2.05) is 0 Å². The molecule has 0 unspecified atom stereocenters. The van der Waals surface area contributed by atoms with Gasteiger partial charge in [0, 0.05) is 6.04 Å². The van der Waals surface area contributed by atoms with Crippen LogP contribution < -0.4 is 5.32 Å². The van der Waals surface area contributed by atoms with Crippen molar-refractivity contribution >= 4 is 0 Å². The van der Waals surface area contributed by atoms with Crippen molar-refractivity contribution in [2.45, 2.75) is 51.6 Å². The van der Waals surface area contributed by atoms with Crippen LogP contribution in [0.3, 0.4) is 0 Å². The van der Waals surface area contributed by atoms with Gasteiger partial charge in [-0.05, 0) is 32.6 Å². The molecule has 0 aliphatic heterocycles. The summed E-state index contributed by atoms with van der Waals surface area (Å²) in [6.45, 7) is 5.26. The fourth-order valence-corrected chi connectivity index (χ4v) is 1.61. The quantitative estimate of drug-likeness (QED) is 0.698. The maximum absolute atomic E-state index is 12.4. The van der Waals surface area contributed by atoms with Crippen LogP contribution in [0.25, 0.3) is 0 Å². The molecule has 1 saturated carbocycles. The third kappa shape index (κ3) is 2.16. The van der Waals surface area contributed by atoms with E-state index in [9.17, 15) is 8.78 Å². The number of hydrogen-bond donors (Lipinski definition) is 1. The Morgan fingerprint density at radius 3 is 2.17 bits per heavy atom. The molecule has 1 fully saturated rings. The van der Waals surface area contributed by atoms with Crippen LogP contribution in [0, 0.1) is 5.92 Å². The fraction of sp³-hybridized carbons (Fsp3) is 1.00. The van der Waals surface area contributed by atoms with Gasteiger partial charge in [-0.15, -0.1) is 0 Å². The largest absolute Gasteiger partial charge is 0.304 e. The van der Waals surface area contributed by atoms with Crippen LogP contribution in [0.2, 0.25) is 0 Å². The van der Waals surface area contributed by atoms with Crippen LogP contribution in [0.5, 0.6) is 0 Å². The Morgan fingerprint density at radius 2 is 1.83 bits per heavy atom. The van der Waals surface area contributed by atoms with Gasteiger partial charge in [0.2, 0.25) is 0 Å². The number of hydrogen-bond acceptors (Lipinski definition) is 1. The van der Waals surface area contributed by atoms with Crippen LogP contribution in [0.4, 0.5) is 8.78 Å². The summed E-state index contributed by atoms with van der Waals surface area (Å²) in [5, 5.41) is 2.97. The van der Waals surface area contributed by atoms with Gasteiger partial charge < -0.3 is 5.32 Å². The van der Waals surface area contributed by atoms with Crippen LogP contribution in [-0.4, -0.2) is 18.0 Å². The predicted octanol–water partition coefficient (Wildman–Crippen LogP) is 2.42. The number of halogens is 2. The van der Waals surface area contributed by atoms with E-state index in [4.69, 9.17) is 0 Å². The van der Waals surface area contributed by atoms with E-state index < -0.39 is 12.0 Å². The molecule has 0 aromatic heterocycles. The number of rotatable bonds is 3. The molecule has 1 nitrogen and oxygen atoms in total. The topological polar surface area (TPSA) is 12.0 Å². The number of nitrogens with one attached hydrogen (secondary N) is 1. The van der Waals surface area contributed by atoms with E-state index in [-0.39, 0.29) is 0 Å².